The fraction of sp³-hybridized carbons (Fsp3) is 0.286. The standard InChI is InChI=1S/C14H16N2O3/c1-10(17)11-4-5-13(19-2)12(8-11)9-16-7-3-6-15-14(16)18/h3-8,10,17H,9H2,1-2H3. The Morgan fingerprint density at radius 3 is 2.89 bits per heavy atom. The van der Waals surface area contributed by atoms with Crippen LogP contribution in [0.15, 0.2) is 41.5 Å². The van der Waals surface area contributed by atoms with Crippen molar-refractivity contribution in [1.29, 1.82) is 0 Å². The lowest BCUT2D eigenvalue weighted by molar-refractivity contribution is 0.199. The second kappa shape index (κ2) is 5.67. The summed E-state index contributed by atoms with van der Waals surface area (Å²) in [4.78, 5) is 15.3. The zero-order valence-corrected chi connectivity index (χ0v) is 10.9. The average Bonchev–Trinajstić information content (AvgIpc) is 2.41. The zero-order chi connectivity index (χ0) is 13.8. The van der Waals surface area contributed by atoms with Crippen LogP contribution >= 0.6 is 0 Å². The minimum absolute atomic E-state index is 0.313. The highest BCUT2D eigenvalue weighted by Crippen LogP contribution is 2.23. The molecule has 1 aromatic heterocycles. The summed E-state index contributed by atoms with van der Waals surface area (Å²) in [5, 5.41) is 9.61. The quantitative estimate of drug-likeness (QED) is 0.901. The van der Waals surface area contributed by atoms with E-state index in [1.54, 1.807) is 38.4 Å². The van der Waals surface area contributed by atoms with Gasteiger partial charge in [-0.15, -0.1) is 0 Å². The Morgan fingerprint density at radius 1 is 1.47 bits per heavy atom. The van der Waals surface area contributed by atoms with Crippen molar-refractivity contribution >= 4 is 0 Å². The van der Waals surface area contributed by atoms with Gasteiger partial charge in [0.05, 0.1) is 19.8 Å². The van der Waals surface area contributed by atoms with Crippen LogP contribution in [0.5, 0.6) is 5.75 Å². The van der Waals surface area contributed by atoms with Gasteiger partial charge in [0.1, 0.15) is 5.75 Å². The first-order valence-electron chi connectivity index (χ1n) is 5.98. The molecule has 0 saturated heterocycles. The maximum atomic E-state index is 11.6. The highest BCUT2D eigenvalue weighted by Gasteiger charge is 2.09. The molecule has 5 nitrogen and oxygen atoms in total. The molecule has 100 valence electrons. The van der Waals surface area contributed by atoms with Crippen molar-refractivity contribution in [2.24, 2.45) is 0 Å². The maximum absolute atomic E-state index is 11.6. The average molecular weight is 260 g/mol. The molecule has 0 saturated carbocycles. The van der Waals surface area contributed by atoms with E-state index in [9.17, 15) is 9.90 Å². The van der Waals surface area contributed by atoms with Gasteiger partial charge in [-0.25, -0.2) is 9.78 Å². The van der Waals surface area contributed by atoms with Gasteiger partial charge in [0.2, 0.25) is 0 Å². The maximum Gasteiger partial charge on any atom is 0.347 e. The molecule has 0 amide bonds. The van der Waals surface area contributed by atoms with E-state index in [0.29, 0.717) is 12.3 Å². The molecule has 0 aliphatic carbocycles. The second-order valence-electron chi connectivity index (χ2n) is 4.28. The third kappa shape index (κ3) is 3.00. The summed E-state index contributed by atoms with van der Waals surface area (Å²) in [5.74, 6) is 0.681. The van der Waals surface area contributed by atoms with Crippen LogP contribution in [0.4, 0.5) is 0 Å². The number of benzene rings is 1. The number of methoxy groups -OCH3 is 1. The van der Waals surface area contributed by atoms with E-state index in [-0.39, 0.29) is 5.69 Å². The molecule has 0 aliphatic heterocycles. The van der Waals surface area contributed by atoms with E-state index in [4.69, 9.17) is 4.74 Å². The SMILES string of the molecule is COc1ccc(C(C)O)cc1Cn1cccnc1=O. The Balaban J connectivity index is 2.40. The number of ether oxygens (including phenoxy) is 1. The Morgan fingerprint density at radius 2 is 2.26 bits per heavy atom. The van der Waals surface area contributed by atoms with Crippen LogP contribution in [0, 0.1) is 0 Å². The Kier molecular flexibility index (Phi) is 3.97. The van der Waals surface area contributed by atoms with Gasteiger partial charge in [0.15, 0.2) is 0 Å². The van der Waals surface area contributed by atoms with E-state index in [0.717, 1.165) is 11.1 Å². The fourth-order valence-electron chi connectivity index (χ4n) is 1.87. The fourth-order valence-corrected chi connectivity index (χ4v) is 1.87. The van der Waals surface area contributed by atoms with E-state index in [2.05, 4.69) is 4.98 Å². The van der Waals surface area contributed by atoms with Crippen molar-refractivity contribution in [1.82, 2.24) is 9.55 Å². The van der Waals surface area contributed by atoms with Gasteiger partial charge in [0.25, 0.3) is 0 Å². The lowest BCUT2D eigenvalue weighted by Crippen LogP contribution is -2.22. The van der Waals surface area contributed by atoms with Gasteiger partial charge >= 0.3 is 5.69 Å². The predicted octanol–water partition coefficient (Wildman–Crippen LogP) is 1.35. The first kappa shape index (κ1) is 13.3. The molecule has 2 rings (SSSR count). The third-order valence-corrected chi connectivity index (χ3v) is 2.91. The highest BCUT2D eigenvalue weighted by atomic mass is 16.5. The van der Waals surface area contributed by atoms with Crippen molar-refractivity contribution < 1.29 is 9.84 Å². The molecular weight excluding hydrogens is 244 g/mol. The van der Waals surface area contributed by atoms with Crippen LogP contribution in [-0.2, 0) is 6.54 Å². The molecule has 1 atom stereocenters. The third-order valence-electron chi connectivity index (χ3n) is 2.91. The molecule has 1 unspecified atom stereocenters. The molecular formula is C14H16N2O3. The van der Waals surface area contributed by atoms with Crippen LogP contribution in [0.1, 0.15) is 24.2 Å². The van der Waals surface area contributed by atoms with Crippen LogP contribution < -0.4 is 10.4 Å². The molecule has 1 N–H and O–H groups in total. The minimum Gasteiger partial charge on any atom is -0.496 e. The van der Waals surface area contributed by atoms with E-state index < -0.39 is 6.10 Å². The molecule has 1 aromatic carbocycles. The minimum atomic E-state index is -0.560. The normalized spacial score (nSPS) is 12.2. The smallest absolute Gasteiger partial charge is 0.347 e. The summed E-state index contributed by atoms with van der Waals surface area (Å²) in [5.41, 5.74) is 1.30. The molecule has 0 fully saturated rings. The lowest BCUT2D eigenvalue weighted by Gasteiger charge is -2.13. The van der Waals surface area contributed by atoms with Crippen molar-refractivity contribution in [2.45, 2.75) is 19.6 Å². The van der Waals surface area contributed by atoms with E-state index in [1.807, 2.05) is 6.07 Å². The van der Waals surface area contributed by atoms with Crippen molar-refractivity contribution in [2.75, 3.05) is 7.11 Å². The van der Waals surface area contributed by atoms with Gasteiger partial charge in [-0.2, -0.15) is 0 Å². The molecule has 0 aliphatic rings. The summed E-state index contributed by atoms with van der Waals surface area (Å²) in [6.45, 7) is 2.05. The van der Waals surface area contributed by atoms with E-state index in [1.165, 1.54) is 10.8 Å². The number of rotatable bonds is 4. The van der Waals surface area contributed by atoms with Crippen molar-refractivity contribution in [3.05, 3.63) is 58.3 Å². The number of aliphatic hydroxyl groups excluding tert-OH is 1. The van der Waals surface area contributed by atoms with Gasteiger partial charge < -0.3 is 9.84 Å². The summed E-state index contributed by atoms with van der Waals surface area (Å²) in [6.07, 6.45) is 2.57. The summed E-state index contributed by atoms with van der Waals surface area (Å²) < 4.78 is 6.76. The Hall–Kier alpha value is -2.14. The van der Waals surface area contributed by atoms with Crippen LogP contribution in [0.3, 0.4) is 0 Å². The molecule has 0 spiro atoms. The predicted molar refractivity (Wildman–Crippen MR) is 71.2 cm³/mol. The highest BCUT2D eigenvalue weighted by molar-refractivity contribution is 5.38. The second-order valence-corrected chi connectivity index (χ2v) is 4.28. The summed E-state index contributed by atoms with van der Waals surface area (Å²) >= 11 is 0. The Labute approximate surface area is 111 Å². The van der Waals surface area contributed by atoms with Crippen molar-refractivity contribution in [3.63, 3.8) is 0 Å². The number of aliphatic hydroxyl groups is 1. The number of hydrogen-bond donors (Lipinski definition) is 1. The van der Waals surface area contributed by atoms with Crippen LogP contribution in [0.2, 0.25) is 0 Å². The number of hydrogen-bond acceptors (Lipinski definition) is 4. The Bertz CT molecular complexity index is 620. The first-order chi connectivity index (χ1) is 9.11. The zero-order valence-electron chi connectivity index (χ0n) is 10.9. The first-order valence-corrected chi connectivity index (χ1v) is 5.98. The number of nitrogens with zero attached hydrogens (tertiary/aromatic N) is 2. The molecule has 0 bridgehead atoms. The molecule has 2 aromatic rings. The lowest BCUT2D eigenvalue weighted by atomic mass is 10.1. The molecule has 5 heteroatoms. The van der Waals surface area contributed by atoms with E-state index >= 15 is 0 Å². The van der Waals surface area contributed by atoms with Gasteiger partial charge in [-0.1, -0.05) is 6.07 Å². The summed E-state index contributed by atoms with van der Waals surface area (Å²) in [7, 11) is 1.58. The van der Waals surface area contributed by atoms with Gasteiger partial charge in [0, 0.05) is 18.0 Å². The van der Waals surface area contributed by atoms with Gasteiger partial charge in [-0.05, 0) is 30.7 Å². The molecule has 0 radical (unpaired) electrons. The largest absolute Gasteiger partial charge is 0.496 e. The topological polar surface area (TPSA) is 64.3 Å². The van der Waals surface area contributed by atoms with Crippen LogP contribution in [0.25, 0.3) is 0 Å². The van der Waals surface area contributed by atoms with Crippen LogP contribution in [-0.4, -0.2) is 21.8 Å². The van der Waals surface area contributed by atoms with Gasteiger partial charge in [-0.3, -0.25) is 4.57 Å². The monoisotopic (exact) mass is 260 g/mol. The number of aromatic nitrogens is 2. The summed E-state index contributed by atoms with van der Waals surface area (Å²) in [6, 6.07) is 7.13. The van der Waals surface area contributed by atoms with Crippen molar-refractivity contribution in [3.8, 4) is 5.75 Å². The molecule has 1 heterocycles. The molecule has 19 heavy (non-hydrogen) atoms.